The van der Waals surface area contributed by atoms with Crippen molar-refractivity contribution < 1.29 is 0 Å². The molecule has 0 saturated carbocycles. The zero-order chi connectivity index (χ0) is 9.23. The quantitative estimate of drug-likeness (QED) is 0.647. The lowest BCUT2D eigenvalue weighted by Crippen LogP contribution is -1.91. The molecule has 70 valence electrons. The molecule has 0 spiro atoms. The molecule has 0 fully saturated rings. The zero-order valence-corrected chi connectivity index (χ0v) is 8.59. The van der Waals surface area contributed by atoms with Gasteiger partial charge in [0.1, 0.15) is 0 Å². The Morgan fingerprint density at radius 2 is 1.50 bits per heavy atom. The van der Waals surface area contributed by atoms with Crippen molar-refractivity contribution >= 4 is 0 Å². The maximum atomic E-state index is 2.21. The summed E-state index contributed by atoms with van der Waals surface area (Å²) in [6, 6.07) is 4.13. The molecule has 0 saturated heterocycles. The van der Waals surface area contributed by atoms with Crippen molar-refractivity contribution in [3.63, 3.8) is 0 Å². The molecule has 0 aromatic carbocycles. The van der Waals surface area contributed by atoms with Crippen LogP contribution in [0.25, 0.3) is 0 Å². The smallest absolute Gasteiger partial charge is 0.0219 e. The minimum absolute atomic E-state index is 1.17. The second kappa shape index (κ2) is 8.38. The second-order valence-electron chi connectivity index (χ2n) is 2.98. The molecule has 0 aliphatic carbocycles. The second-order valence-corrected chi connectivity index (χ2v) is 2.98. The summed E-state index contributed by atoms with van der Waals surface area (Å²) < 4.78 is 2.21. The SMILES string of the molecule is CCC.CCCCn1cccc1. The van der Waals surface area contributed by atoms with Crippen LogP contribution in [0.4, 0.5) is 0 Å². The van der Waals surface area contributed by atoms with Crippen molar-refractivity contribution in [3.05, 3.63) is 24.5 Å². The summed E-state index contributed by atoms with van der Waals surface area (Å²) in [6.45, 7) is 7.63. The summed E-state index contributed by atoms with van der Waals surface area (Å²) >= 11 is 0. The van der Waals surface area contributed by atoms with Gasteiger partial charge in [-0.2, -0.15) is 0 Å². The van der Waals surface area contributed by atoms with Gasteiger partial charge in [-0.15, -0.1) is 0 Å². The molecule has 0 unspecified atom stereocenters. The van der Waals surface area contributed by atoms with Gasteiger partial charge < -0.3 is 4.57 Å². The topological polar surface area (TPSA) is 4.93 Å². The third-order valence-corrected chi connectivity index (χ3v) is 1.44. The molecule has 1 rings (SSSR count). The number of hydrogen-bond acceptors (Lipinski definition) is 0. The maximum Gasteiger partial charge on any atom is 0.0219 e. The third kappa shape index (κ3) is 6.02. The van der Waals surface area contributed by atoms with E-state index in [2.05, 4.69) is 49.9 Å². The van der Waals surface area contributed by atoms with E-state index >= 15 is 0 Å². The van der Waals surface area contributed by atoms with E-state index in [0.717, 1.165) is 0 Å². The average molecular weight is 167 g/mol. The molecule has 0 bridgehead atoms. The Morgan fingerprint density at radius 3 is 1.92 bits per heavy atom. The Balaban J connectivity index is 0.000000354. The maximum absolute atomic E-state index is 2.21. The van der Waals surface area contributed by atoms with E-state index in [4.69, 9.17) is 0 Å². The molecule has 1 aromatic heterocycles. The zero-order valence-electron chi connectivity index (χ0n) is 8.59. The van der Waals surface area contributed by atoms with E-state index < -0.39 is 0 Å². The van der Waals surface area contributed by atoms with Crippen LogP contribution in [0.2, 0.25) is 0 Å². The lowest BCUT2D eigenvalue weighted by Gasteiger charge is -1.97. The van der Waals surface area contributed by atoms with Crippen molar-refractivity contribution in [2.75, 3.05) is 0 Å². The Labute approximate surface area is 76.4 Å². The fourth-order valence-corrected chi connectivity index (χ4v) is 0.860. The van der Waals surface area contributed by atoms with E-state index in [1.54, 1.807) is 0 Å². The van der Waals surface area contributed by atoms with Crippen LogP contribution in [0.5, 0.6) is 0 Å². The molecule has 1 nitrogen and oxygen atoms in total. The largest absolute Gasteiger partial charge is 0.354 e. The normalized spacial score (nSPS) is 8.92. The van der Waals surface area contributed by atoms with Gasteiger partial charge >= 0.3 is 0 Å². The molecule has 0 amide bonds. The highest BCUT2D eigenvalue weighted by molar-refractivity contribution is 4.89. The predicted molar refractivity (Wildman–Crippen MR) is 55.3 cm³/mol. The Hall–Kier alpha value is -0.720. The predicted octanol–water partition coefficient (Wildman–Crippen LogP) is 3.70. The van der Waals surface area contributed by atoms with Gasteiger partial charge in [0.25, 0.3) is 0 Å². The number of nitrogens with zero attached hydrogens (tertiary/aromatic N) is 1. The molecular weight excluding hydrogens is 146 g/mol. The lowest BCUT2D eigenvalue weighted by molar-refractivity contribution is 0.635. The van der Waals surface area contributed by atoms with Crippen LogP contribution in [0, 0.1) is 0 Å². The van der Waals surface area contributed by atoms with E-state index in [0.29, 0.717) is 0 Å². The van der Waals surface area contributed by atoms with E-state index in [1.807, 2.05) is 0 Å². The highest BCUT2D eigenvalue weighted by Crippen LogP contribution is 1.94. The van der Waals surface area contributed by atoms with Crippen molar-refractivity contribution in [1.82, 2.24) is 4.57 Å². The lowest BCUT2D eigenvalue weighted by atomic mass is 10.3. The van der Waals surface area contributed by atoms with Crippen LogP contribution in [0.15, 0.2) is 24.5 Å². The Kier molecular flexibility index (Phi) is 7.87. The minimum atomic E-state index is 1.17. The first-order valence-corrected chi connectivity index (χ1v) is 4.95. The van der Waals surface area contributed by atoms with Gasteiger partial charge in [-0.05, 0) is 18.6 Å². The molecule has 12 heavy (non-hydrogen) atoms. The van der Waals surface area contributed by atoms with Crippen LogP contribution in [-0.4, -0.2) is 4.57 Å². The summed E-state index contributed by atoms with van der Waals surface area (Å²) in [5.74, 6) is 0. The van der Waals surface area contributed by atoms with Crippen molar-refractivity contribution in [2.24, 2.45) is 0 Å². The van der Waals surface area contributed by atoms with Gasteiger partial charge in [0, 0.05) is 18.9 Å². The molecule has 1 aromatic rings. The number of hydrogen-bond donors (Lipinski definition) is 0. The summed E-state index contributed by atoms with van der Waals surface area (Å²) in [5, 5.41) is 0. The fourth-order valence-electron chi connectivity index (χ4n) is 0.860. The van der Waals surface area contributed by atoms with Gasteiger partial charge in [-0.25, -0.2) is 0 Å². The Bertz CT molecular complexity index is 154. The molecule has 1 heteroatoms. The summed E-state index contributed by atoms with van der Waals surface area (Å²) in [5.41, 5.74) is 0. The third-order valence-electron chi connectivity index (χ3n) is 1.44. The van der Waals surface area contributed by atoms with Crippen LogP contribution >= 0.6 is 0 Å². The van der Waals surface area contributed by atoms with Crippen LogP contribution in [-0.2, 0) is 6.54 Å². The molecular formula is C11H21N. The summed E-state index contributed by atoms with van der Waals surface area (Å²) in [4.78, 5) is 0. The minimum Gasteiger partial charge on any atom is -0.354 e. The van der Waals surface area contributed by atoms with Crippen LogP contribution in [0.3, 0.4) is 0 Å². The number of aryl methyl sites for hydroxylation is 1. The highest BCUT2D eigenvalue weighted by atomic mass is 14.9. The molecule has 1 heterocycles. The van der Waals surface area contributed by atoms with Gasteiger partial charge in [0.15, 0.2) is 0 Å². The van der Waals surface area contributed by atoms with Crippen molar-refractivity contribution in [1.29, 1.82) is 0 Å². The monoisotopic (exact) mass is 167 g/mol. The molecule has 0 radical (unpaired) electrons. The first kappa shape index (κ1) is 11.3. The van der Waals surface area contributed by atoms with Gasteiger partial charge in [-0.1, -0.05) is 33.6 Å². The highest BCUT2D eigenvalue weighted by Gasteiger charge is 1.84. The fraction of sp³-hybridized carbons (Fsp3) is 0.636. The first-order valence-electron chi connectivity index (χ1n) is 4.95. The van der Waals surface area contributed by atoms with Crippen molar-refractivity contribution in [3.8, 4) is 0 Å². The first-order chi connectivity index (χ1) is 5.85. The number of rotatable bonds is 3. The average Bonchev–Trinajstić information content (AvgIpc) is 2.54. The van der Waals surface area contributed by atoms with Gasteiger partial charge in [0.2, 0.25) is 0 Å². The van der Waals surface area contributed by atoms with Gasteiger partial charge in [0.05, 0.1) is 0 Å². The number of aromatic nitrogens is 1. The van der Waals surface area contributed by atoms with E-state index in [-0.39, 0.29) is 0 Å². The standard InChI is InChI=1S/C8H13N.C3H8/c1-2-3-6-9-7-4-5-8-9;1-3-2/h4-5,7-8H,2-3,6H2,1H3;3H2,1-2H3. The molecule has 0 atom stereocenters. The Morgan fingerprint density at radius 1 is 1.00 bits per heavy atom. The van der Waals surface area contributed by atoms with E-state index in [1.165, 1.54) is 25.8 Å². The van der Waals surface area contributed by atoms with Gasteiger partial charge in [-0.3, -0.25) is 0 Å². The van der Waals surface area contributed by atoms with Crippen LogP contribution in [0.1, 0.15) is 40.0 Å². The molecule has 0 aliphatic heterocycles. The number of unbranched alkanes of at least 4 members (excludes halogenated alkanes) is 1. The summed E-state index contributed by atoms with van der Waals surface area (Å²) in [7, 11) is 0. The van der Waals surface area contributed by atoms with Crippen molar-refractivity contribution in [2.45, 2.75) is 46.6 Å². The molecule has 0 N–H and O–H groups in total. The summed E-state index contributed by atoms with van der Waals surface area (Å²) in [6.07, 6.45) is 8.03. The van der Waals surface area contributed by atoms with E-state index in [9.17, 15) is 0 Å². The van der Waals surface area contributed by atoms with Crippen LogP contribution < -0.4 is 0 Å². The molecule has 0 aliphatic rings.